The van der Waals surface area contributed by atoms with Crippen molar-refractivity contribution in [3.63, 3.8) is 0 Å². The van der Waals surface area contributed by atoms with Gasteiger partial charge in [-0.1, -0.05) is 46.0 Å². The Morgan fingerprint density at radius 1 is 0.897 bits per heavy atom. The molecule has 2 amide bonds. The molecule has 0 fully saturated rings. The van der Waals surface area contributed by atoms with E-state index in [1.54, 1.807) is 43.3 Å². The molecule has 1 heterocycles. The molecule has 0 radical (unpaired) electrons. The first-order valence-electron chi connectivity index (χ1n) is 11.6. The number of rotatable bonds is 7. The number of nitrogens with one attached hydrogen (secondary N) is 2. The van der Waals surface area contributed by atoms with Crippen molar-refractivity contribution in [2.75, 3.05) is 10.6 Å². The summed E-state index contributed by atoms with van der Waals surface area (Å²) in [5, 5.41) is 9.76. The highest BCUT2D eigenvalue weighted by Crippen LogP contribution is 2.49. The largest absolute Gasteiger partial charge is 0.435 e. The zero-order valence-corrected chi connectivity index (χ0v) is 22.6. The number of anilines is 2. The number of halogens is 6. The van der Waals surface area contributed by atoms with Crippen molar-refractivity contribution >= 4 is 63.7 Å². The molecule has 3 aromatic rings. The average molecular weight is 599 g/mol. The maximum Gasteiger partial charge on any atom is 0.435 e. The normalized spacial score (nSPS) is 16.8. The summed E-state index contributed by atoms with van der Waals surface area (Å²) in [4.78, 5) is 29.6. The number of benzene rings is 3. The molecule has 204 valence electrons. The predicted molar refractivity (Wildman–Crippen MR) is 146 cm³/mol. The molecule has 0 spiro atoms. The Labute approximate surface area is 237 Å². The van der Waals surface area contributed by atoms with Crippen molar-refractivity contribution in [3.8, 4) is 0 Å². The maximum absolute atomic E-state index is 14.2. The number of hydrogen-bond acceptors (Lipinski definition) is 4. The summed E-state index contributed by atoms with van der Waals surface area (Å²) in [6.07, 6.45) is -5.53. The second kappa shape index (κ2) is 11.5. The van der Waals surface area contributed by atoms with E-state index in [1.165, 1.54) is 12.1 Å². The number of carbonyl (C=O) groups excluding carboxylic acids is 2. The van der Waals surface area contributed by atoms with Gasteiger partial charge in [0.2, 0.25) is 11.8 Å². The van der Waals surface area contributed by atoms with Crippen LogP contribution in [0.1, 0.15) is 36.0 Å². The monoisotopic (exact) mass is 597 g/mol. The number of hydrogen-bond donors (Lipinski definition) is 2. The summed E-state index contributed by atoms with van der Waals surface area (Å²) in [5.74, 6) is -0.736. The summed E-state index contributed by atoms with van der Waals surface area (Å²) in [5.41, 5.74) is -0.940. The zero-order valence-electron chi connectivity index (χ0n) is 20.3. The summed E-state index contributed by atoms with van der Waals surface area (Å²) < 4.78 is 42.7. The molecule has 3 aromatic carbocycles. The van der Waals surface area contributed by atoms with Crippen LogP contribution in [0, 0.1) is 6.92 Å². The second-order valence-electron chi connectivity index (χ2n) is 8.92. The van der Waals surface area contributed by atoms with Crippen LogP contribution in [-0.4, -0.2) is 23.7 Å². The molecule has 39 heavy (non-hydrogen) atoms. The van der Waals surface area contributed by atoms with Gasteiger partial charge in [0.05, 0.1) is 5.71 Å². The quantitative estimate of drug-likeness (QED) is 0.290. The highest BCUT2D eigenvalue weighted by molar-refractivity contribution is 6.34. The van der Waals surface area contributed by atoms with Gasteiger partial charge in [-0.3, -0.25) is 9.59 Å². The lowest BCUT2D eigenvalue weighted by atomic mass is 9.86. The third kappa shape index (κ3) is 6.66. The highest BCUT2D eigenvalue weighted by atomic mass is 35.5. The molecule has 1 atom stereocenters. The Hall–Kier alpha value is -3.27. The van der Waals surface area contributed by atoms with Crippen LogP contribution in [0.15, 0.2) is 65.8 Å². The van der Waals surface area contributed by atoms with Gasteiger partial charge in [-0.25, -0.2) is 0 Å². The molecule has 0 saturated heterocycles. The second-order valence-corrected chi connectivity index (χ2v) is 10.2. The average Bonchev–Trinajstić information content (AvgIpc) is 3.32. The van der Waals surface area contributed by atoms with Crippen molar-refractivity contribution in [1.82, 2.24) is 0 Å². The molecule has 1 aliphatic heterocycles. The van der Waals surface area contributed by atoms with Gasteiger partial charge in [-0.2, -0.15) is 13.2 Å². The fourth-order valence-corrected chi connectivity index (χ4v) is 4.68. The fourth-order valence-electron chi connectivity index (χ4n) is 4.03. The molecule has 2 N–H and O–H groups in total. The van der Waals surface area contributed by atoms with E-state index >= 15 is 0 Å². The first kappa shape index (κ1) is 28.7. The van der Waals surface area contributed by atoms with E-state index in [4.69, 9.17) is 39.6 Å². The molecular weight excluding hydrogens is 578 g/mol. The Bertz CT molecular complexity index is 1430. The van der Waals surface area contributed by atoms with Crippen LogP contribution >= 0.6 is 34.8 Å². The van der Waals surface area contributed by atoms with Gasteiger partial charge in [0.1, 0.15) is 0 Å². The number of nitrogens with zero attached hydrogens (tertiary/aromatic N) is 1. The van der Waals surface area contributed by atoms with Gasteiger partial charge in [0.25, 0.3) is 5.60 Å². The van der Waals surface area contributed by atoms with Crippen LogP contribution in [0.4, 0.5) is 24.5 Å². The molecule has 0 bridgehead atoms. The smallest absolute Gasteiger partial charge is 0.374 e. The molecule has 1 unspecified atom stereocenters. The van der Waals surface area contributed by atoms with Crippen LogP contribution in [0.5, 0.6) is 0 Å². The SMILES string of the molecule is Cc1cc(C2=NOC(c3cc(Cl)cc(Cl)c3)(C(F)(F)F)C2)ccc1NC(=O)CCC(=O)Nc1ccc(Cl)cc1. The predicted octanol–water partition coefficient (Wildman–Crippen LogP) is 7.89. The fraction of sp³-hybridized carbons (Fsp3) is 0.222. The topological polar surface area (TPSA) is 79.8 Å². The zero-order chi connectivity index (χ0) is 28.4. The Morgan fingerprint density at radius 3 is 2.10 bits per heavy atom. The first-order valence-corrected chi connectivity index (χ1v) is 12.7. The van der Waals surface area contributed by atoms with Crippen LogP contribution < -0.4 is 10.6 Å². The van der Waals surface area contributed by atoms with Crippen LogP contribution in [0.3, 0.4) is 0 Å². The van der Waals surface area contributed by atoms with Gasteiger partial charge >= 0.3 is 6.18 Å². The third-order valence-electron chi connectivity index (χ3n) is 6.06. The van der Waals surface area contributed by atoms with E-state index in [0.717, 1.165) is 12.1 Å². The van der Waals surface area contributed by atoms with Gasteiger partial charge in [-0.15, -0.1) is 0 Å². The summed E-state index contributed by atoms with van der Waals surface area (Å²) in [6, 6.07) is 14.9. The summed E-state index contributed by atoms with van der Waals surface area (Å²) >= 11 is 17.7. The van der Waals surface area contributed by atoms with Crippen molar-refractivity contribution in [1.29, 1.82) is 0 Å². The lowest BCUT2D eigenvalue weighted by Gasteiger charge is -2.29. The van der Waals surface area contributed by atoms with Crippen LogP contribution in [0.2, 0.25) is 15.1 Å². The summed E-state index contributed by atoms with van der Waals surface area (Å²) in [7, 11) is 0. The van der Waals surface area contributed by atoms with E-state index in [-0.39, 0.29) is 40.1 Å². The minimum absolute atomic E-state index is 0.0385. The molecule has 6 nitrogen and oxygen atoms in total. The van der Waals surface area contributed by atoms with Gasteiger partial charge < -0.3 is 15.5 Å². The van der Waals surface area contributed by atoms with Crippen LogP contribution in [-0.2, 0) is 20.0 Å². The summed E-state index contributed by atoms with van der Waals surface area (Å²) in [6.45, 7) is 1.69. The van der Waals surface area contributed by atoms with Crippen molar-refractivity contribution in [2.45, 2.75) is 38.0 Å². The molecule has 0 aromatic heterocycles. The number of oxime groups is 1. The van der Waals surface area contributed by atoms with E-state index in [2.05, 4.69) is 15.8 Å². The number of alkyl halides is 3. The standard InChI is InChI=1S/C27H21Cl3F3N3O3/c1-15-10-16(23-14-26(39-36-23,27(31,32)33)17-11-19(29)13-20(30)12-17)2-7-22(15)35-25(38)9-8-24(37)34-21-5-3-18(28)4-6-21/h2-7,10-13H,8-9,14H2,1H3,(H,34,37)(H,35,38). The lowest BCUT2D eigenvalue weighted by molar-refractivity contribution is -0.275. The highest BCUT2D eigenvalue weighted by Gasteiger charge is 2.62. The number of carbonyl (C=O) groups is 2. The van der Waals surface area contributed by atoms with E-state index in [0.29, 0.717) is 27.5 Å². The Kier molecular flexibility index (Phi) is 8.44. The van der Waals surface area contributed by atoms with E-state index in [9.17, 15) is 22.8 Å². The lowest BCUT2D eigenvalue weighted by Crippen LogP contribution is -2.42. The van der Waals surface area contributed by atoms with Crippen LogP contribution in [0.25, 0.3) is 0 Å². The van der Waals surface area contributed by atoms with Gasteiger partial charge in [0, 0.05) is 51.3 Å². The van der Waals surface area contributed by atoms with Crippen molar-refractivity contribution in [3.05, 3.63) is 92.4 Å². The molecular formula is C27H21Cl3F3N3O3. The minimum atomic E-state index is -4.81. The first-order chi connectivity index (χ1) is 18.4. The minimum Gasteiger partial charge on any atom is -0.374 e. The Morgan fingerprint density at radius 2 is 1.51 bits per heavy atom. The van der Waals surface area contributed by atoms with Gasteiger partial charge in [-0.05, 0) is 72.6 Å². The maximum atomic E-state index is 14.2. The van der Waals surface area contributed by atoms with Gasteiger partial charge in [0.15, 0.2) is 0 Å². The number of aryl methyl sites for hydroxylation is 1. The molecule has 4 rings (SSSR count). The van der Waals surface area contributed by atoms with Crippen molar-refractivity contribution in [2.24, 2.45) is 5.16 Å². The number of amides is 2. The molecule has 0 aliphatic carbocycles. The Balaban J connectivity index is 1.41. The van der Waals surface area contributed by atoms with Crippen molar-refractivity contribution < 1.29 is 27.6 Å². The molecule has 1 aliphatic rings. The van der Waals surface area contributed by atoms with E-state index in [1.807, 2.05) is 0 Å². The third-order valence-corrected chi connectivity index (χ3v) is 6.74. The van der Waals surface area contributed by atoms with E-state index < -0.39 is 24.1 Å². The molecule has 0 saturated carbocycles. The molecule has 12 heteroatoms.